The molecule has 0 heterocycles. The lowest BCUT2D eigenvalue weighted by Gasteiger charge is -2.20. The highest BCUT2D eigenvalue weighted by atomic mass is 32.2. The van der Waals surface area contributed by atoms with Gasteiger partial charge in [0, 0.05) is 22.1 Å². The molecule has 4 N–H and O–H groups in total. The van der Waals surface area contributed by atoms with Crippen molar-refractivity contribution >= 4 is 53.2 Å². The van der Waals surface area contributed by atoms with E-state index in [1.165, 1.54) is 58.1 Å². The summed E-state index contributed by atoms with van der Waals surface area (Å²) in [6.07, 6.45) is 2.82. The molecular weight excluding hydrogens is 595 g/mol. The van der Waals surface area contributed by atoms with E-state index < -0.39 is 36.4 Å². The molecule has 0 aliphatic carbocycles. The average Bonchev–Trinajstić information content (AvgIpc) is 2.92. The highest BCUT2D eigenvalue weighted by Gasteiger charge is 2.40. The number of nitrogens with zero attached hydrogens (tertiary/aromatic N) is 1. The Hall–Kier alpha value is -2.18. The van der Waals surface area contributed by atoms with Gasteiger partial charge in [-0.05, 0) is 73.8 Å². The number of carbonyl (C=O) groups is 3. The zero-order chi connectivity index (χ0) is 31.5. The third-order valence-corrected chi connectivity index (χ3v) is 9.50. The molecule has 0 aliphatic heterocycles. The molecule has 0 bridgehead atoms. The van der Waals surface area contributed by atoms with Crippen LogP contribution in [-0.4, -0.2) is 86.7 Å². The van der Waals surface area contributed by atoms with E-state index in [2.05, 4.69) is 93.1 Å². The normalized spacial score (nSPS) is 11.3. The van der Waals surface area contributed by atoms with Crippen LogP contribution in [0.2, 0.25) is 0 Å². The molecule has 0 saturated heterocycles. The van der Waals surface area contributed by atoms with Crippen molar-refractivity contribution in [2.24, 2.45) is 0 Å². The molecule has 8 nitrogen and oxygen atoms in total. The van der Waals surface area contributed by atoms with Crippen molar-refractivity contribution in [3.05, 3.63) is 59.7 Å². The van der Waals surface area contributed by atoms with Crippen LogP contribution in [0.15, 0.2) is 58.3 Å². The van der Waals surface area contributed by atoms with Crippen molar-refractivity contribution in [3.63, 3.8) is 0 Å². The number of benzene rings is 2. The maximum absolute atomic E-state index is 10.3. The predicted molar refractivity (Wildman–Crippen MR) is 174 cm³/mol. The quantitative estimate of drug-likeness (QED) is 0.0977. The minimum Gasteiger partial charge on any atom is -0.481 e. The van der Waals surface area contributed by atoms with Gasteiger partial charge < -0.3 is 25.3 Å². The molecule has 2 rings (SSSR count). The van der Waals surface area contributed by atoms with Crippen LogP contribution in [0.3, 0.4) is 0 Å². The minimum atomic E-state index is -2.74. The molecule has 2 aromatic rings. The molecule has 0 fully saturated rings. The maximum atomic E-state index is 10.3. The Labute approximate surface area is 262 Å². The van der Waals surface area contributed by atoms with Gasteiger partial charge in [-0.3, -0.25) is 9.59 Å². The van der Waals surface area contributed by atoms with Crippen LogP contribution in [0.4, 0.5) is 0 Å². The molecule has 0 atom stereocenters. The van der Waals surface area contributed by atoms with Gasteiger partial charge >= 0.3 is 17.9 Å². The van der Waals surface area contributed by atoms with Crippen LogP contribution < -0.4 is 0 Å². The number of aliphatic carboxylic acids is 3. The molecule has 0 aliphatic rings. The first-order valence-electron chi connectivity index (χ1n) is 14.0. The van der Waals surface area contributed by atoms with Crippen molar-refractivity contribution in [2.45, 2.75) is 73.0 Å². The standard InChI is InChI=1S/C25H37NS3.C6H8O7/c1-5-7-18-27-23-13-9-21(10-14-23)25(29-20-17-26(3)4)22-11-15-24(16-12-22)28-19-8-6-2;7-3(8)1-6(13,5(11)12)2-4(9)10/h9-16,25H,5-8,17-20H2,1-4H3;13H,1-2H2,(H,7,8)(H,9,10)(H,11,12). The van der Waals surface area contributed by atoms with E-state index in [0.29, 0.717) is 5.25 Å². The largest absolute Gasteiger partial charge is 0.481 e. The molecular formula is C31H45NO7S3. The zero-order valence-corrected chi connectivity index (χ0v) is 27.4. The van der Waals surface area contributed by atoms with Crippen molar-refractivity contribution in [2.75, 3.05) is 37.9 Å². The van der Waals surface area contributed by atoms with E-state index in [1.807, 2.05) is 23.5 Å². The molecule has 42 heavy (non-hydrogen) atoms. The maximum Gasteiger partial charge on any atom is 0.336 e. The van der Waals surface area contributed by atoms with Gasteiger partial charge in [-0.25, -0.2) is 4.79 Å². The van der Waals surface area contributed by atoms with Crippen LogP contribution in [0.5, 0.6) is 0 Å². The van der Waals surface area contributed by atoms with Gasteiger partial charge in [-0.2, -0.15) is 0 Å². The Balaban J connectivity index is 0.000000572. The Morgan fingerprint density at radius 1 is 0.738 bits per heavy atom. The first-order chi connectivity index (χ1) is 19.9. The lowest BCUT2D eigenvalue weighted by atomic mass is 9.96. The van der Waals surface area contributed by atoms with Crippen LogP contribution in [0.1, 0.15) is 68.7 Å². The molecule has 0 radical (unpaired) electrons. The van der Waals surface area contributed by atoms with E-state index in [4.69, 9.17) is 20.4 Å². The lowest BCUT2D eigenvalue weighted by molar-refractivity contribution is -0.170. The molecule has 11 heteroatoms. The van der Waals surface area contributed by atoms with Crippen LogP contribution in [0, 0.1) is 0 Å². The van der Waals surface area contributed by atoms with Crippen molar-refractivity contribution in [1.82, 2.24) is 4.90 Å². The number of carboxylic acids is 3. The SMILES string of the molecule is CCCCSc1ccc(C(SCCN(C)C)c2ccc(SCCCC)cc2)cc1.O=C(O)CC(O)(CC(=O)O)C(=O)O. The van der Waals surface area contributed by atoms with E-state index >= 15 is 0 Å². The Bertz CT molecular complexity index is 1010. The third kappa shape index (κ3) is 15.3. The highest BCUT2D eigenvalue weighted by molar-refractivity contribution is 8.00. The third-order valence-electron chi connectivity index (χ3n) is 6.01. The predicted octanol–water partition coefficient (Wildman–Crippen LogP) is 6.61. The van der Waals surface area contributed by atoms with Gasteiger partial charge in [0.1, 0.15) is 0 Å². The van der Waals surface area contributed by atoms with Crippen molar-refractivity contribution < 1.29 is 34.8 Å². The summed E-state index contributed by atoms with van der Waals surface area (Å²) >= 11 is 6.01. The highest BCUT2D eigenvalue weighted by Crippen LogP contribution is 2.37. The average molecular weight is 640 g/mol. The fourth-order valence-corrected chi connectivity index (χ4v) is 7.00. The van der Waals surface area contributed by atoms with Crippen molar-refractivity contribution in [3.8, 4) is 0 Å². The second-order valence-electron chi connectivity index (χ2n) is 10.1. The smallest absolute Gasteiger partial charge is 0.336 e. The fourth-order valence-electron chi connectivity index (χ4n) is 3.60. The minimum absolute atomic E-state index is 0.402. The molecule has 234 valence electrons. The van der Waals surface area contributed by atoms with E-state index in [9.17, 15) is 14.4 Å². The lowest BCUT2D eigenvalue weighted by Crippen LogP contribution is -2.42. The van der Waals surface area contributed by atoms with Gasteiger partial charge in [-0.15, -0.1) is 35.3 Å². The zero-order valence-electron chi connectivity index (χ0n) is 25.0. The fraction of sp³-hybridized carbons (Fsp3) is 0.516. The van der Waals surface area contributed by atoms with Gasteiger partial charge in [0.2, 0.25) is 0 Å². The number of aliphatic hydroxyl groups is 1. The number of thioether (sulfide) groups is 3. The monoisotopic (exact) mass is 639 g/mol. The molecule has 0 unspecified atom stereocenters. The first kappa shape index (κ1) is 37.8. The van der Waals surface area contributed by atoms with Crippen LogP contribution >= 0.6 is 35.3 Å². The van der Waals surface area contributed by atoms with Crippen LogP contribution in [-0.2, 0) is 14.4 Å². The number of unbranched alkanes of at least 4 members (excludes halogenated alkanes) is 2. The summed E-state index contributed by atoms with van der Waals surface area (Å²) in [4.78, 5) is 35.5. The Morgan fingerprint density at radius 2 is 1.14 bits per heavy atom. The first-order valence-corrected chi connectivity index (χ1v) is 17.0. The number of hydrogen-bond acceptors (Lipinski definition) is 8. The number of rotatable bonds is 19. The summed E-state index contributed by atoms with van der Waals surface area (Å²) in [5.41, 5.74) is 0.0949. The van der Waals surface area contributed by atoms with E-state index in [0.717, 1.165) is 12.3 Å². The Morgan fingerprint density at radius 3 is 1.45 bits per heavy atom. The summed E-state index contributed by atoms with van der Waals surface area (Å²) < 4.78 is 0. The Kier molecular flexibility index (Phi) is 18.6. The summed E-state index contributed by atoms with van der Waals surface area (Å²) in [6.45, 7) is 5.62. The van der Waals surface area contributed by atoms with E-state index in [1.54, 1.807) is 0 Å². The van der Waals surface area contributed by atoms with Gasteiger partial charge in [0.15, 0.2) is 5.60 Å². The summed E-state index contributed by atoms with van der Waals surface area (Å²) in [5, 5.41) is 34.2. The summed E-state index contributed by atoms with van der Waals surface area (Å²) in [5.74, 6) is -1.45. The second kappa shape index (κ2) is 20.7. The number of carboxylic acid groups (broad SMARTS) is 3. The van der Waals surface area contributed by atoms with Gasteiger partial charge in [-0.1, -0.05) is 51.0 Å². The van der Waals surface area contributed by atoms with Crippen LogP contribution in [0.25, 0.3) is 0 Å². The van der Waals surface area contributed by atoms with E-state index in [-0.39, 0.29) is 0 Å². The van der Waals surface area contributed by atoms with Gasteiger partial charge in [0.05, 0.1) is 18.1 Å². The second-order valence-corrected chi connectivity index (χ2v) is 13.6. The molecule has 0 amide bonds. The number of hydrogen-bond donors (Lipinski definition) is 4. The molecule has 0 spiro atoms. The molecule has 0 saturated carbocycles. The van der Waals surface area contributed by atoms with Gasteiger partial charge in [0.25, 0.3) is 0 Å². The molecule has 0 aromatic heterocycles. The summed E-state index contributed by atoms with van der Waals surface area (Å²) in [7, 11) is 4.31. The van der Waals surface area contributed by atoms with Crippen molar-refractivity contribution in [1.29, 1.82) is 0 Å². The molecule has 2 aromatic carbocycles. The topological polar surface area (TPSA) is 135 Å². The summed E-state index contributed by atoms with van der Waals surface area (Å²) in [6, 6.07) is 18.6.